The van der Waals surface area contributed by atoms with Gasteiger partial charge in [0.2, 0.25) is 5.91 Å². The molecule has 0 aliphatic carbocycles. The number of rotatable bonds is 6. The van der Waals surface area contributed by atoms with Crippen molar-refractivity contribution in [2.24, 2.45) is 0 Å². The number of hydrogen-bond acceptors (Lipinski definition) is 5. The van der Waals surface area contributed by atoms with Gasteiger partial charge in [0.05, 0.1) is 19.2 Å². The second kappa shape index (κ2) is 10.4. The van der Waals surface area contributed by atoms with Gasteiger partial charge in [-0.1, -0.05) is 41.9 Å². The maximum atomic E-state index is 12.7. The zero-order valence-electron chi connectivity index (χ0n) is 18.1. The molecule has 1 aromatic heterocycles. The van der Waals surface area contributed by atoms with Crippen LogP contribution in [0.4, 0.5) is 11.4 Å². The number of amides is 2. The third-order valence-electron chi connectivity index (χ3n) is 4.89. The van der Waals surface area contributed by atoms with Crippen molar-refractivity contribution in [2.75, 3.05) is 17.7 Å². The molecule has 0 bridgehead atoms. The highest BCUT2D eigenvalue weighted by Crippen LogP contribution is 2.29. The number of ether oxygens (including phenoxy) is 1. The molecule has 0 aliphatic rings. The average Bonchev–Trinajstić information content (AvgIpc) is 3.26. The summed E-state index contributed by atoms with van der Waals surface area (Å²) in [5.41, 5.74) is 2.48. The molecule has 34 heavy (non-hydrogen) atoms. The smallest absolute Gasteiger partial charge is 0.291 e. The summed E-state index contributed by atoms with van der Waals surface area (Å²) in [5.74, 6) is -0.0681. The molecule has 7 nitrogen and oxygen atoms in total. The zero-order valence-corrected chi connectivity index (χ0v) is 19.6. The largest absolute Gasteiger partial charge is 0.494 e. The van der Waals surface area contributed by atoms with E-state index in [1.54, 1.807) is 54.6 Å². The Morgan fingerprint density at radius 1 is 1.00 bits per heavy atom. The molecule has 4 rings (SSSR count). The number of carbonyl (C=O) groups is 2. The van der Waals surface area contributed by atoms with E-state index in [-0.39, 0.29) is 23.2 Å². The van der Waals surface area contributed by atoms with Gasteiger partial charge < -0.3 is 25.1 Å². The average molecular weight is 494 g/mol. The van der Waals surface area contributed by atoms with Crippen LogP contribution in [0.3, 0.4) is 0 Å². The molecule has 1 heterocycles. The summed E-state index contributed by atoms with van der Waals surface area (Å²) in [5, 5.41) is 9.94. The van der Waals surface area contributed by atoms with Crippen LogP contribution >= 0.6 is 23.8 Å². The molecule has 9 heteroatoms. The van der Waals surface area contributed by atoms with E-state index in [2.05, 4.69) is 16.0 Å². The van der Waals surface area contributed by atoms with Gasteiger partial charge in [-0.3, -0.25) is 9.59 Å². The Hall–Kier alpha value is -3.88. The predicted molar refractivity (Wildman–Crippen MR) is 137 cm³/mol. The fourth-order valence-electron chi connectivity index (χ4n) is 3.27. The maximum Gasteiger partial charge on any atom is 0.291 e. The monoisotopic (exact) mass is 493 g/mol. The quantitative estimate of drug-likeness (QED) is 0.311. The van der Waals surface area contributed by atoms with E-state index >= 15 is 0 Å². The Morgan fingerprint density at radius 2 is 1.76 bits per heavy atom. The van der Waals surface area contributed by atoms with Gasteiger partial charge in [0.15, 0.2) is 10.9 Å². The van der Waals surface area contributed by atoms with Crippen molar-refractivity contribution in [2.45, 2.75) is 6.42 Å². The first kappa shape index (κ1) is 23.3. The molecule has 0 aliphatic heterocycles. The summed E-state index contributed by atoms with van der Waals surface area (Å²) in [6, 6.07) is 21.1. The van der Waals surface area contributed by atoms with Crippen LogP contribution in [0, 0.1) is 0 Å². The Kier molecular flexibility index (Phi) is 7.10. The molecule has 2 amide bonds. The number of nitrogens with one attached hydrogen (secondary N) is 3. The maximum absolute atomic E-state index is 12.7. The van der Waals surface area contributed by atoms with Gasteiger partial charge in [0.25, 0.3) is 5.91 Å². The lowest BCUT2D eigenvalue weighted by atomic mass is 10.1. The highest BCUT2D eigenvalue weighted by atomic mass is 35.5. The molecule has 0 radical (unpaired) electrons. The van der Waals surface area contributed by atoms with E-state index in [1.807, 2.05) is 18.2 Å². The van der Waals surface area contributed by atoms with Gasteiger partial charge in [0.1, 0.15) is 11.3 Å². The van der Waals surface area contributed by atoms with Crippen molar-refractivity contribution in [1.82, 2.24) is 5.32 Å². The summed E-state index contributed by atoms with van der Waals surface area (Å²) < 4.78 is 11.0. The molecule has 0 saturated heterocycles. The summed E-state index contributed by atoms with van der Waals surface area (Å²) >= 11 is 11.1. The number of methoxy groups -OCH3 is 1. The van der Waals surface area contributed by atoms with E-state index < -0.39 is 5.91 Å². The van der Waals surface area contributed by atoms with E-state index in [0.29, 0.717) is 27.7 Å². The number of benzene rings is 3. The third kappa shape index (κ3) is 5.72. The molecule has 0 fully saturated rings. The van der Waals surface area contributed by atoms with Crippen LogP contribution in [0.25, 0.3) is 11.0 Å². The fraction of sp³-hybridized carbons (Fsp3) is 0.0800. The minimum absolute atomic E-state index is 0.139. The molecule has 4 aromatic rings. The Bertz CT molecular complexity index is 1340. The minimum atomic E-state index is -0.403. The molecule has 3 aromatic carbocycles. The Balaban J connectivity index is 1.38. The first-order valence-corrected chi connectivity index (χ1v) is 11.0. The Labute approximate surface area is 206 Å². The summed E-state index contributed by atoms with van der Waals surface area (Å²) in [6.07, 6.45) is 0.162. The summed E-state index contributed by atoms with van der Waals surface area (Å²) in [4.78, 5) is 24.9. The first-order chi connectivity index (χ1) is 16.4. The van der Waals surface area contributed by atoms with Gasteiger partial charge in [-0.2, -0.15) is 0 Å². The van der Waals surface area contributed by atoms with Crippen LogP contribution in [0.2, 0.25) is 5.02 Å². The minimum Gasteiger partial charge on any atom is -0.494 e. The number of anilines is 2. The Morgan fingerprint density at radius 3 is 2.50 bits per heavy atom. The summed E-state index contributed by atoms with van der Waals surface area (Å²) in [7, 11) is 1.49. The molecule has 3 N–H and O–H groups in total. The van der Waals surface area contributed by atoms with Crippen LogP contribution in [0.5, 0.6) is 5.75 Å². The predicted octanol–water partition coefficient (Wildman–Crippen LogP) is 5.40. The van der Waals surface area contributed by atoms with Crippen LogP contribution < -0.4 is 20.7 Å². The number of hydrogen-bond donors (Lipinski definition) is 3. The van der Waals surface area contributed by atoms with Crippen LogP contribution in [0.15, 0.2) is 77.2 Å². The van der Waals surface area contributed by atoms with Crippen molar-refractivity contribution < 1.29 is 18.7 Å². The van der Waals surface area contributed by atoms with Gasteiger partial charge in [-0.15, -0.1) is 0 Å². The number of thiocarbonyl (C=S) groups is 1. The lowest BCUT2D eigenvalue weighted by Gasteiger charge is -2.13. The van der Waals surface area contributed by atoms with Crippen molar-refractivity contribution in [3.63, 3.8) is 0 Å². The van der Waals surface area contributed by atoms with Crippen LogP contribution in [0.1, 0.15) is 16.1 Å². The van der Waals surface area contributed by atoms with Gasteiger partial charge in [-0.05, 0) is 54.2 Å². The highest BCUT2D eigenvalue weighted by Gasteiger charge is 2.15. The number of carbonyl (C=O) groups excluding carboxylic acids is 2. The molecular weight excluding hydrogens is 474 g/mol. The topological polar surface area (TPSA) is 92.6 Å². The zero-order chi connectivity index (χ0) is 24.1. The van der Waals surface area contributed by atoms with E-state index in [9.17, 15) is 9.59 Å². The second-order valence-electron chi connectivity index (χ2n) is 7.32. The van der Waals surface area contributed by atoms with Gasteiger partial charge in [0, 0.05) is 22.2 Å². The van der Waals surface area contributed by atoms with Crippen LogP contribution in [-0.4, -0.2) is 24.0 Å². The highest BCUT2D eigenvalue weighted by molar-refractivity contribution is 7.80. The third-order valence-corrected chi connectivity index (χ3v) is 5.34. The fourth-order valence-corrected chi connectivity index (χ4v) is 3.63. The molecule has 172 valence electrons. The normalized spacial score (nSPS) is 10.5. The lowest BCUT2D eigenvalue weighted by Crippen LogP contribution is -2.35. The van der Waals surface area contributed by atoms with Gasteiger partial charge >= 0.3 is 0 Å². The second-order valence-corrected chi connectivity index (χ2v) is 8.17. The number of furan rings is 1. The number of halogens is 1. The molecular formula is C25H20ClN3O4S. The molecule has 0 unspecified atom stereocenters. The lowest BCUT2D eigenvalue weighted by molar-refractivity contribution is -0.119. The van der Waals surface area contributed by atoms with E-state index in [0.717, 1.165) is 10.9 Å². The molecule has 0 atom stereocenters. The number of fused-ring (bicyclic) bond motifs is 1. The molecule has 0 saturated carbocycles. The van der Waals surface area contributed by atoms with Crippen molar-refractivity contribution >= 4 is 63.1 Å². The van der Waals surface area contributed by atoms with Gasteiger partial charge in [-0.25, -0.2) is 0 Å². The van der Waals surface area contributed by atoms with E-state index in [1.165, 1.54) is 7.11 Å². The standard InChI is InChI=1S/C25H20ClN3O4S/c1-32-21-14-18(27-25(34)29-23(30)12-15-6-8-17(26)9-7-15)10-11-19(21)28-24(31)22-13-16-4-2-3-5-20(16)33-22/h2-11,13-14H,12H2,1H3,(H,28,31)(H2,27,29,30,34). The van der Waals surface area contributed by atoms with E-state index in [4.69, 9.17) is 33.0 Å². The van der Waals surface area contributed by atoms with Crippen molar-refractivity contribution in [3.8, 4) is 5.75 Å². The van der Waals surface area contributed by atoms with Crippen molar-refractivity contribution in [1.29, 1.82) is 0 Å². The molecule has 0 spiro atoms. The van der Waals surface area contributed by atoms with Crippen LogP contribution in [-0.2, 0) is 11.2 Å². The number of para-hydroxylation sites is 1. The summed E-state index contributed by atoms with van der Waals surface area (Å²) in [6.45, 7) is 0. The first-order valence-electron chi connectivity index (χ1n) is 10.2. The van der Waals surface area contributed by atoms with Crippen molar-refractivity contribution in [3.05, 3.63) is 89.1 Å². The SMILES string of the molecule is COc1cc(NC(=S)NC(=O)Cc2ccc(Cl)cc2)ccc1NC(=O)c1cc2ccccc2o1.